The number of fused-ring (bicyclic) bond motifs is 1. The molecule has 0 bridgehead atoms. The summed E-state index contributed by atoms with van der Waals surface area (Å²) in [6.07, 6.45) is -0.273. The largest absolute Gasteiger partial charge is 0.809 e. The van der Waals surface area contributed by atoms with Gasteiger partial charge in [-0.2, -0.15) is 0 Å². The van der Waals surface area contributed by atoms with E-state index in [4.69, 9.17) is 29.4 Å². The third-order valence-electron chi connectivity index (χ3n) is 5.10. The number of carbonyl (C=O) groups excluding carboxylic acids is 2. The van der Waals surface area contributed by atoms with E-state index in [1.807, 2.05) is 0 Å². The molecule has 3 rings (SSSR count). The van der Waals surface area contributed by atoms with Crippen LogP contribution in [0.4, 0.5) is 15.4 Å². The lowest BCUT2D eigenvalue weighted by Gasteiger charge is -2.49. The van der Waals surface area contributed by atoms with Crippen LogP contribution in [0.5, 0.6) is 0 Å². The number of hydrogen-bond donors (Lipinski definition) is 1. The van der Waals surface area contributed by atoms with Crippen molar-refractivity contribution in [2.75, 3.05) is 18.9 Å². The normalized spacial score (nSPS) is 15.2. The molecule has 0 radical (unpaired) electrons. The standard InChI is InChI=1S/C20H30N5O10P/c1-12(2)33-17(26)31-8-20(36(28,29)30,9-32-18(27)34-13(3)4)35-19(5-6-19)7-25-11-24-14-15(21)22-10-23-16(14)25/h10-13H,5-9H2,1-4H3,(H2,21,22,23)(H2,28,29,30)/p-2. The van der Waals surface area contributed by atoms with Crippen LogP contribution in [0.2, 0.25) is 0 Å². The Hall–Kier alpha value is -3.00. The van der Waals surface area contributed by atoms with Crippen LogP contribution < -0.4 is 15.5 Å². The highest BCUT2D eigenvalue weighted by Crippen LogP contribution is 2.53. The van der Waals surface area contributed by atoms with Gasteiger partial charge in [0, 0.05) is 0 Å². The maximum atomic E-state index is 12.5. The van der Waals surface area contributed by atoms with E-state index in [1.54, 1.807) is 32.3 Å². The van der Waals surface area contributed by atoms with E-state index in [0.29, 0.717) is 24.0 Å². The quantitative estimate of drug-likeness (QED) is 0.313. The van der Waals surface area contributed by atoms with Gasteiger partial charge in [-0.25, -0.2) is 24.5 Å². The summed E-state index contributed by atoms with van der Waals surface area (Å²) >= 11 is 0. The van der Waals surface area contributed by atoms with Crippen LogP contribution in [0.3, 0.4) is 0 Å². The van der Waals surface area contributed by atoms with Crippen molar-refractivity contribution in [1.29, 1.82) is 0 Å². The minimum Gasteiger partial charge on any atom is -0.809 e. The number of anilines is 1. The number of nitrogen functional groups attached to an aromatic ring is 1. The Kier molecular flexibility index (Phi) is 8.08. The molecule has 1 aliphatic carbocycles. The van der Waals surface area contributed by atoms with E-state index in [0.717, 1.165) is 0 Å². The van der Waals surface area contributed by atoms with Crippen LogP contribution in [0.15, 0.2) is 12.7 Å². The van der Waals surface area contributed by atoms with Gasteiger partial charge >= 0.3 is 12.3 Å². The molecule has 2 aromatic heterocycles. The second kappa shape index (κ2) is 10.5. The van der Waals surface area contributed by atoms with E-state index in [9.17, 15) is 23.9 Å². The van der Waals surface area contributed by atoms with Gasteiger partial charge in [0.25, 0.3) is 0 Å². The fraction of sp³-hybridized carbons (Fsp3) is 0.650. The Morgan fingerprint density at radius 1 is 1.08 bits per heavy atom. The first-order chi connectivity index (χ1) is 16.8. The lowest BCUT2D eigenvalue weighted by molar-refractivity contribution is -0.338. The Morgan fingerprint density at radius 2 is 1.64 bits per heavy atom. The lowest BCUT2D eigenvalue weighted by Crippen LogP contribution is -2.53. The fourth-order valence-corrected chi connectivity index (χ4v) is 4.02. The minimum atomic E-state index is -5.75. The van der Waals surface area contributed by atoms with Gasteiger partial charge in [-0.1, -0.05) is 0 Å². The summed E-state index contributed by atoms with van der Waals surface area (Å²) < 4.78 is 39.5. The van der Waals surface area contributed by atoms with Crippen molar-refractivity contribution < 1.29 is 47.6 Å². The molecule has 1 fully saturated rings. The van der Waals surface area contributed by atoms with Gasteiger partial charge in [-0.15, -0.1) is 0 Å². The average Bonchev–Trinajstić information content (AvgIpc) is 3.38. The molecule has 15 nitrogen and oxygen atoms in total. The molecule has 1 saturated carbocycles. The number of ether oxygens (including phenoxy) is 5. The van der Waals surface area contributed by atoms with Gasteiger partial charge in [0.15, 0.2) is 16.8 Å². The highest BCUT2D eigenvalue weighted by molar-refractivity contribution is 7.50. The van der Waals surface area contributed by atoms with Crippen LogP contribution >= 0.6 is 7.60 Å². The Bertz CT molecular complexity index is 1120. The monoisotopic (exact) mass is 529 g/mol. The van der Waals surface area contributed by atoms with E-state index < -0.39 is 56.3 Å². The highest BCUT2D eigenvalue weighted by atomic mass is 31.2. The summed E-state index contributed by atoms with van der Waals surface area (Å²) in [6.45, 7) is 4.05. The molecule has 0 saturated heterocycles. The molecule has 2 heterocycles. The number of rotatable bonds is 11. The van der Waals surface area contributed by atoms with Crippen LogP contribution in [-0.2, 0) is 34.8 Å². The third kappa shape index (κ3) is 6.60. The highest BCUT2D eigenvalue weighted by Gasteiger charge is 2.53. The second-order valence-corrected chi connectivity index (χ2v) is 10.8. The van der Waals surface area contributed by atoms with Crippen LogP contribution in [0.1, 0.15) is 40.5 Å². The van der Waals surface area contributed by atoms with Crippen molar-refractivity contribution >= 4 is 36.9 Å². The molecule has 1 aliphatic rings. The first-order valence-electron chi connectivity index (χ1n) is 11.1. The maximum Gasteiger partial charge on any atom is 0.508 e. The van der Waals surface area contributed by atoms with Crippen LogP contribution in [-0.4, -0.2) is 68.2 Å². The second-order valence-electron chi connectivity index (χ2n) is 8.94. The maximum absolute atomic E-state index is 12.5. The van der Waals surface area contributed by atoms with Gasteiger partial charge in [0.2, 0.25) is 0 Å². The van der Waals surface area contributed by atoms with E-state index in [1.165, 1.54) is 12.7 Å². The molecule has 2 aromatic rings. The zero-order valence-electron chi connectivity index (χ0n) is 20.2. The molecular weight excluding hydrogens is 501 g/mol. The van der Waals surface area contributed by atoms with Crippen molar-refractivity contribution in [3.63, 3.8) is 0 Å². The summed E-state index contributed by atoms with van der Waals surface area (Å²) in [6, 6.07) is 0. The number of aromatic nitrogens is 4. The molecule has 0 unspecified atom stereocenters. The van der Waals surface area contributed by atoms with E-state index in [-0.39, 0.29) is 12.4 Å². The number of carbonyl (C=O) groups is 2. The minimum absolute atomic E-state index is 0.0224. The first-order valence-corrected chi connectivity index (χ1v) is 12.6. The summed E-state index contributed by atoms with van der Waals surface area (Å²) in [7, 11) is -5.75. The lowest BCUT2D eigenvalue weighted by atomic mass is 10.3. The molecular formula is C20H28N5O10P-2. The van der Waals surface area contributed by atoms with Crippen molar-refractivity contribution in [2.24, 2.45) is 0 Å². The van der Waals surface area contributed by atoms with Gasteiger partial charge in [0.05, 0.1) is 30.7 Å². The molecule has 0 aromatic carbocycles. The van der Waals surface area contributed by atoms with Crippen molar-refractivity contribution in [3.05, 3.63) is 12.7 Å². The molecule has 0 aliphatic heterocycles. The molecule has 16 heteroatoms. The predicted octanol–water partition coefficient (Wildman–Crippen LogP) is 0.691. The fourth-order valence-electron chi connectivity index (χ4n) is 3.27. The third-order valence-corrected chi connectivity index (χ3v) is 6.44. The van der Waals surface area contributed by atoms with Crippen molar-refractivity contribution in [2.45, 2.75) is 70.2 Å². The van der Waals surface area contributed by atoms with Gasteiger partial charge < -0.3 is 48.3 Å². The summed E-state index contributed by atoms with van der Waals surface area (Å²) in [5.41, 5.74) is 5.31. The molecule has 0 amide bonds. The molecule has 36 heavy (non-hydrogen) atoms. The average molecular weight is 529 g/mol. The Morgan fingerprint density at radius 3 is 2.11 bits per heavy atom. The summed E-state index contributed by atoms with van der Waals surface area (Å²) in [4.78, 5) is 61.1. The van der Waals surface area contributed by atoms with E-state index >= 15 is 0 Å². The van der Waals surface area contributed by atoms with Gasteiger partial charge in [-0.05, 0) is 48.1 Å². The van der Waals surface area contributed by atoms with E-state index in [2.05, 4.69) is 15.0 Å². The summed E-state index contributed by atoms with van der Waals surface area (Å²) in [5.74, 6) is 0.150. The van der Waals surface area contributed by atoms with Crippen LogP contribution in [0.25, 0.3) is 11.2 Å². The SMILES string of the molecule is CC(C)OC(=O)OCC(COC(=O)OC(C)C)(OC1(Cn2cnc3c(N)ncnc32)CC1)P(=O)([O-])[O-]. The molecule has 0 atom stereocenters. The Balaban J connectivity index is 1.88. The Labute approximate surface area is 206 Å². The smallest absolute Gasteiger partial charge is 0.508 e. The number of imidazole rings is 1. The number of nitrogens with zero attached hydrogens (tertiary/aromatic N) is 4. The molecule has 200 valence electrons. The van der Waals surface area contributed by atoms with Crippen LogP contribution in [0, 0.1) is 0 Å². The predicted molar refractivity (Wildman–Crippen MR) is 118 cm³/mol. The topological polar surface area (TPSA) is 213 Å². The molecule has 0 spiro atoms. The number of hydrogen-bond acceptors (Lipinski definition) is 14. The number of nitrogens with two attached hydrogens (primary N) is 1. The van der Waals surface area contributed by atoms with Crippen molar-refractivity contribution in [3.8, 4) is 0 Å². The zero-order chi connectivity index (χ0) is 26.7. The van der Waals surface area contributed by atoms with Gasteiger partial charge in [0.1, 0.15) is 25.1 Å². The summed E-state index contributed by atoms with van der Waals surface area (Å²) in [5, 5.41) is -2.76. The van der Waals surface area contributed by atoms with Crippen molar-refractivity contribution in [1.82, 2.24) is 19.5 Å². The van der Waals surface area contributed by atoms with Gasteiger partial charge in [-0.3, -0.25) is 0 Å². The molecule has 2 N–H and O–H groups in total. The zero-order valence-corrected chi connectivity index (χ0v) is 21.1. The first kappa shape index (κ1) is 27.6.